The van der Waals surface area contributed by atoms with E-state index in [1.54, 1.807) is 35.5 Å². The number of hydrazone groups is 1. The van der Waals surface area contributed by atoms with Gasteiger partial charge in [-0.1, -0.05) is 0 Å². The summed E-state index contributed by atoms with van der Waals surface area (Å²) in [6.45, 7) is 0. The standard InChI is InChI=1S/C15H15ClN3O/c1-18-9-7-12(8-10-18)11-17-19(2)14-5-3-13(4-6-14)15(16)20/h3-11H,1-2H3/q+1. The molecule has 0 amide bonds. The van der Waals surface area contributed by atoms with Crippen LogP contribution in [0.15, 0.2) is 53.9 Å². The summed E-state index contributed by atoms with van der Waals surface area (Å²) in [6, 6.07) is 10.9. The van der Waals surface area contributed by atoms with Gasteiger partial charge in [-0.05, 0) is 35.9 Å². The molecule has 0 radical (unpaired) electrons. The Morgan fingerprint density at radius 1 is 1.20 bits per heavy atom. The van der Waals surface area contributed by atoms with E-state index >= 15 is 0 Å². The van der Waals surface area contributed by atoms with Gasteiger partial charge >= 0.3 is 0 Å². The summed E-state index contributed by atoms with van der Waals surface area (Å²) in [5.74, 6) is 0. The summed E-state index contributed by atoms with van der Waals surface area (Å²) in [7, 11) is 3.81. The number of rotatable bonds is 4. The molecule has 0 aliphatic rings. The number of carbonyl (C=O) groups excluding carboxylic acids is 1. The molecule has 0 aliphatic heterocycles. The number of hydrogen-bond donors (Lipinski definition) is 0. The van der Waals surface area contributed by atoms with Gasteiger partial charge in [0, 0.05) is 30.3 Å². The third-order valence-electron chi connectivity index (χ3n) is 2.85. The lowest BCUT2D eigenvalue weighted by molar-refractivity contribution is -0.671. The summed E-state index contributed by atoms with van der Waals surface area (Å²) < 4.78 is 1.96. The van der Waals surface area contributed by atoms with Gasteiger partial charge in [0.05, 0.1) is 11.9 Å². The van der Waals surface area contributed by atoms with E-state index in [4.69, 9.17) is 11.6 Å². The van der Waals surface area contributed by atoms with Crippen molar-refractivity contribution in [3.8, 4) is 0 Å². The molecule has 0 atom stereocenters. The first-order valence-electron chi connectivity index (χ1n) is 6.09. The number of nitrogens with zero attached hydrogens (tertiary/aromatic N) is 3. The summed E-state index contributed by atoms with van der Waals surface area (Å²) in [6.07, 6.45) is 5.70. The maximum Gasteiger partial charge on any atom is 0.252 e. The molecule has 2 rings (SSSR count). The molecule has 0 N–H and O–H groups in total. The van der Waals surface area contributed by atoms with E-state index in [0.29, 0.717) is 5.56 Å². The molecule has 0 saturated heterocycles. The fourth-order valence-corrected chi connectivity index (χ4v) is 1.75. The summed E-state index contributed by atoms with van der Waals surface area (Å²) >= 11 is 5.40. The zero-order valence-corrected chi connectivity index (χ0v) is 12.1. The zero-order chi connectivity index (χ0) is 14.5. The summed E-state index contributed by atoms with van der Waals surface area (Å²) in [5.41, 5.74) is 2.37. The molecule has 1 aromatic heterocycles. The van der Waals surface area contributed by atoms with Gasteiger partial charge in [0.1, 0.15) is 7.05 Å². The number of aryl methyl sites for hydroxylation is 1. The van der Waals surface area contributed by atoms with Crippen LogP contribution in [-0.2, 0) is 7.05 Å². The van der Waals surface area contributed by atoms with Crippen molar-refractivity contribution in [1.82, 2.24) is 0 Å². The van der Waals surface area contributed by atoms with Gasteiger partial charge in [-0.3, -0.25) is 9.80 Å². The van der Waals surface area contributed by atoms with E-state index in [2.05, 4.69) is 5.10 Å². The van der Waals surface area contributed by atoms with Gasteiger partial charge in [-0.2, -0.15) is 5.10 Å². The number of pyridine rings is 1. The highest BCUT2D eigenvalue weighted by molar-refractivity contribution is 6.67. The summed E-state index contributed by atoms with van der Waals surface area (Å²) in [4.78, 5) is 11.0. The maximum atomic E-state index is 11.0. The highest BCUT2D eigenvalue weighted by Gasteiger charge is 2.03. The van der Waals surface area contributed by atoms with Crippen LogP contribution in [0.25, 0.3) is 0 Å². The van der Waals surface area contributed by atoms with Crippen LogP contribution in [0.5, 0.6) is 0 Å². The van der Waals surface area contributed by atoms with Crippen LogP contribution >= 0.6 is 11.6 Å². The first kappa shape index (κ1) is 14.2. The molecule has 0 spiro atoms. The molecule has 0 saturated carbocycles. The van der Waals surface area contributed by atoms with Crippen LogP contribution in [0.1, 0.15) is 15.9 Å². The third kappa shape index (κ3) is 3.65. The molecule has 1 aromatic carbocycles. The molecule has 20 heavy (non-hydrogen) atoms. The predicted octanol–water partition coefficient (Wildman–Crippen LogP) is 2.36. The highest BCUT2D eigenvalue weighted by atomic mass is 35.5. The molecular formula is C15H15ClN3O+. The van der Waals surface area contributed by atoms with Crippen molar-refractivity contribution < 1.29 is 9.36 Å². The smallest absolute Gasteiger partial charge is 0.252 e. The number of benzene rings is 1. The monoisotopic (exact) mass is 288 g/mol. The topological polar surface area (TPSA) is 36.5 Å². The van der Waals surface area contributed by atoms with Gasteiger partial charge in [-0.25, -0.2) is 4.57 Å². The van der Waals surface area contributed by atoms with Gasteiger partial charge in [-0.15, -0.1) is 0 Å². The van der Waals surface area contributed by atoms with Crippen molar-refractivity contribution in [2.45, 2.75) is 0 Å². The van der Waals surface area contributed by atoms with Crippen molar-refractivity contribution in [3.05, 3.63) is 59.9 Å². The zero-order valence-electron chi connectivity index (χ0n) is 11.3. The Labute approximate surface area is 122 Å². The molecule has 2 aromatic rings. The Balaban J connectivity index is 2.09. The Morgan fingerprint density at radius 3 is 2.35 bits per heavy atom. The Morgan fingerprint density at radius 2 is 1.80 bits per heavy atom. The lowest BCUT2D eigenvalue weighted by Crippen LogP contribution is -2.25. The van der Waals surface area contributed by atoms with E-state index < -0.39 is 5.24 Å². The van der Waals surface area contributed by atoms with Gasteiger partial charge in [0.2, 0.25) is 0 Å². The van der Waals surface area contributed by atoms with Crippen molar-refractivity contribution in [2.75, 3.05) is 12.1 Å². The maximum absolute atomic E-state index is 11.0. The third-order valence-corrected chi connectivity index (χ3v) is 3.07. The number of anilines is 1. The Kier molecular flexibility index (Phi) is 4.48. The Bertz CT molecular complexity index is 621. The average Bonchev–Trinajstić information content (AvgIpc) is 2.46. The minimum Gasteiger partial charge on any atom is -0.276 e. The fourth-order valence-electron chi connectivity index (χ4n) is 1.63. The molecular weight excluding hydrogens is 274 g/mol. The average molecular weight is 289 g/mol. The fraction of sp³-hybridized carbons (Fsp3) is 0.133. The lowest BCUT2D eigenvalue weighted by Gasteiger charge is -2.12. The van der Waals surface area contributed by atoms with Gasteiger partial charge in [0.25, 0.3) is 5.24 Å². The predicted molar refractivity (Wildman–Crippen MR) is 80.2 cm³/mol. The number of aromatic nitrogens is 1. The van der Waals surface area contributed by atoms with Gasteiger partial charge in [0.15, 0.2) is 12.4 Å². The molecule has 0 fully saturated rings. The normalized spacial score (nSPS) is 10.8. The lowest BCUT2D eigenvalue weighted by atomic mass is 10.2. The first-order valence-corrected chi connectivity index (χ1v) is 6.47. The van der Waals surface area contributed by atoms with Crippen LogP contribution in [-0.4, -0.2) is 18.5 Å². The molecule has 4 nitrogen and oxygen atoms in total. The SMILES string of the molecule is CN(/N=C/c1cc[n+](C)cc1)c1ccc(C(=O)Cl)cc1. The molecule has 102 valence electrons. The van der Waals surface area contributed by atoms with Crippen molar-refractivity contribution in [2.24, 2.45) is 12.1 Å². The second-order valence-electron chi connectivity index (χ2n) is 4.39. The minimum atomic E-state index is -0.458. The van der Waals surface area contributed by atoms with Crippen LogP contribution in [0.3, 0.4) is 0 Å². The molecule has 0 aliphatic carbocycles. The number of carbonyl (C=O) groups is 1. The largest absolute Gasteiger partial charge is 0.276 e. The van der Waals surface area contributed by atoms with Crippen LogP contribution in [0.2, 0.25) is 0 Å². The number of halogens is 1. The van der Waals surface area contributed by atoms with E-state index in [0.717, 1.165) is 11.3 Å². The van der Waals surface area contributed by atoms with Crippen LogP contribution in [0, 0.1) is 0 Å². The van der Waals surface area contributed by atoms with Crippen molar-refractivity contribution >= 4 is 28.7 Å². The number of hydrogen-bond acceptors (Lipinski definition) is 3. The molecule has 0 unspecified atom stereocenters. The second-order valence-corrected chi connectivity index (χ2v) is 4.73. The van der Waals surface area contributed by atoms with Crippen molar-refractivity contribution in [3.63, 3.8) is 0 Å². The molecule has 0 bridgehead atoms. The van der Waals surface area contributed by atoms with E-state index in [1.807, 2.05) is 43.2 Å². The highest BCUT2D eigenvalue weighted by Crippen LogP contribution is 2.15. The minimum absolute atomic E-state index is 0.458. The second kappa shape index (κ2) is 6.30. The first-order chi connectivity index (χ1) is 9.56. The van der Waals surface area contributed by atoms with Crippen LogP contribution < -0.4 is 9.58 Å². The Hall–Kier alpha value is -2.20. The van der Waals surface area contributed by atoms with E-state index in [-0.39, 0.29) is 0 Å². The summed E-state index contributed by atoms with van der Waals surface area (Å²) in [5, 5.41) is 5.62. The van der Waals surface area contributed by atoms with Crippen molar-refractivity contribution in [1.29, 1.82) is 0 Å². The van der Waals surface area contributed by atoms with E-state index in [9.17, 15) is 4.79 Å². The van der Waals surface area contributed by atoms with Gasteiger partial charge < -0.3 is 0 Å². The molecule has 5 heteroatoms. The quantitative estimate of drug-likeness (QED) is 0.375. The van der Waals surface area contributed by atoms with E-state index in [1.165, 1.54) is 0 Å². The molecule has 1 heterocycles. The van der Waals surface area contributed by atoms with Crippen LogP contribution in [0.4, 0.5) is 5.69 Å².